The minimum Gasteiger partial charge on any atom is -0.384 e. The van der Waals surface area contributed by atoms with Crippen molar-refractivity contribution in [2.75, 3.05) is 5.75 Å². The van der Waals surface area contributed by atoms with Crippen LogP contribution in [0.3, 0.4) is 0 Å². The van der Waals surface area contributed by atoms with Crippen molar-refractivity contribution in [3.63, 3.8) is 0 Å². The lowest BCUT2D eigenvalue weighted by molar-refractivity contribution is 0.0259. The van der Waals surface area contributed by atoms with Gasteiger partial charge in [0, 0.05) is 10.8 Å². The summed E-state index contributed by atoms with van der Waals surface area (Å²) in [5, 5.41) is 12.8. The second-order valence-corrected chi connectivity index (χ2v) is 6.62. The third-order valence-electron chi connectivity index (χ3n) is 2.83. The first kappa shape index (κ1) is 10.8. The van der Waals surface area contributed by atoms with Gasteiger partial charge in [-0.15, -0.1) is 11.3 Å². The molecular formula is C10H13ClOS2. The van der Waals surface area contributed by atoms with Crippen molar-refractivity contribution >= 4 is 34.7 Å². The van der Waals surface area contributed by atoms with Gasteiger partial charge in [-0.1, -0.05) is 18.5 Å². The summed E-state index contributed by atoms with van der Waals surface area (Å²) in [6, 6.07) is 1.95. The van der Waals surface area contributed by atoms with E-state index in [1.807, 2.05) is 23.2 Å². The van der Waals surface area contributed by atoms with Gasteiger partial charge in [0.2, 0.25) is 0 Å². The molecule has 14 heavy (non-hydrogen) atoms. The molecule has 2 rings (SSSR count). The second-order valence-electron chi connectivity index (χ2n) is 3.65. The molecule has 0 aliphatic carbocycles. The van der Waals surface area contributed by atoms with Crippen LogP contribution in [0.2, 0.25) is 4.34 Å². The first-order chi connectivity index (χ1) is 6.64. The van der Waals surface area contributed by atoms with Crippen molar-refractivity contribution in [3.8, 4) is 0 Å². The molecule has 0 aromatic carbocycles. The van der Waals surface area contributed by atoms with Gasteiger partial charge in [-0.05, 0) is 30.0 Å². The second kappa shape index (κ2) is 4.05. The Balaban J connectivity index is 2.34. The van der Waals surface area contributed by atoms with Crippen LogP contribution in [0.15, 0.2) is 11.4 Å². The van der Waals surface area contributed by atoms with E-state index in [0.29, 0.717) is 0 Å². The number of aliphatic hydroxyl groups is 1. The molecule has 1 N–H and O–H groups in total. The van der Waals surface area contributed by atoms with Crippen molar-refractivity contribution in [2.45, 2.75) is 30.6 Å². The highest BCUT2D eigenvalue weighted by Gasteiger charge is 2.40. The lowest BCUT2D eigenvalue weighted by Gasteiger charge is -2.37. The normalized spacial score (nSPS) is 33.2. The molecule has 1 aromatic rings. The monoisotopic (exact) mass is 248 g/mol. The Kier molecular flexibility index (Phi) is 3.12. The smallest absolute Gasteiger partial charge is 0.103 e. The zero-order chi connectivity index (χ0) is 10.2. The molecule has 2 atom stereocenters. The van der Waals surface area contributed by atoms with E-state index in [1.165, 1.54) is 11.3 Å². The van der Waals surface area contributed by atoms with Crippen LogP contribution in [-0.4, -0.2) is 16.1 Å². The van der Waals surface area contributed by atoms with Crippen LogP contribution in [0, 0.1) is 0 Å². The zero-order valence-corrected chi connectivity index (χ0v) is 10.4. The molecule has 0 saturated carbocycles. The van der Waals surface area contributed by atoms with Crippen LogP contribution in [0.1, 0.15) is 25.3 Å². The van der Waals surface area contributed by atoms with Crippen LogP contribution in [0.5, 0.6) is 0 Å². The summed E-state index contributed by atoms with van der Waals surface area (Å²) in [7, 11) is 0. The summed E-state index contributed by atoms with van der Waals surface area (Å²) in [4.78, 5) is 0. The van der Waals surface area contributed by atoms with E-state index in [2.05, 4.69) is 6.92 Å². The van der Waals surface area contributed by atoms with E-state index in [0.717, 1.165) is 28.5 Å². The van der Waals surface area contributed by atoms with Gasteiger partial charge in [0.25, 0.3) is 0 Å². The van der Waals surface area contributed by atoms with E-state index in [9.17, 15) is 5.11 Å². The summed E-state index contributed by atoms with van der Waals surface area (Å²) in [6.07, 6.45) is 1.90. The summed E-state index contributed by atoms with van der Waals surface area (Å²) in [5.41, 5.74) is 0.212. The van der Waals surface area contributed by atoms with E-state index in [4.69, 9.17) is 11.6 Å². The van der Waals surface area contributed by atoms with Gasteiger partial charge >= 0.3 is 0 Å². The Bertz CT molecular complexity index is 326. The lowest BCUT2D eigenvalue weighted by atomic mass is 9.88. The maximum atomic E-state index is 10.6. The molecular weight excluding hydrogens is 236 g/mol. The molecule has 1 aromatic heterocycles. The van der Waals surface area contributed by atoms with Crippen molar-refractivity contribution in [3.05, 3.63) is 21.3 Å². The molecule has 0 bridgehead atoms. The van der Waals surface area contributed by atoms with Crippen LogP contribution in [0.25, 0.3) is 0 Å². The highest BCUT2D eigenvalue weighted by molar-refractivity contribution is 8.00. The SMILES string of the molecule is CC1SCCCC1(O)c1ccsc1Cl. The molecule has 0 amide bonds. The standard InChI is InChI=1S/C10H13ClOS2/c1-7-10(12,4-2-5-13-7)8-3-6-14-9(8)11/h3,6-7,12H,2,4-5H2,1H3. The number of halogens is 1. The molecule has 2 heterocycles. The Morgan fingerprint density at radius 1 is 1.64 bits per heavy atom. The third-order valence-corrected chi connectivity index (χ3v) is 5.41. The fourth-order valence-corrected chi connectivity index (χ4v) is 4.16. The predicted molar refractivity (Wildman–Crippen MR) is 64.4 cm³/mol. The number of thiophene rings is 1. The molecule has 0 spiro atoms. The van der Waals surface area contributed by atoms with E-state index < -0.39 is 5.60 Å². The Labute approximate surface area is 97.5 Å². The van der Waals surface area contributed by atoms with Crippen LogP contribution in [-0.2, 0) is 5.60 Å². The van der Waals surface area contributed by atoms with E-state index >= 15 is 0 Å². The minimum absolute atomic E-state index is 0.239. The van der Waals surface area contributed by atoms with Gasteiger partial charge in [-0.25, -0.2) is 0 Å². The fraction of sp³-hybridized carbons (Fsp3) is 0.600. The van der Waals surface area contributed by atoms with Crippen molar-refractivity contribution < 1.29 is 5.11 Å². The number of hydrogen-bond acceptors (Lipinski definition) is 3. The first-order valence-corrected chi connectivity index (χ1v) is 7.02. The van der Waals surface area contributed by atoms with Crippen molar-refractivity contribution in [1.82, 2.24) is 0 Å². The Hall–Kier alpha value is 0.300. The number of rotatable bonds is 1. The Morgan fingerprint density at radius 2 is 2.43 bits per heavy atom. The van der Waals surface area contributed by atoms with E-state index in [1.54, 1.807) is 0 Å². The average Bonchev–Trinajstić information content (AvgIpc) is 2.57. The van der Waals surface area contributed by atoms with Gasteiger partial charge in [-0.3, -0.25) is 0 Å². The number of hydrogen-bond donors (Lipinski definition) is 1. The summed E-state index contributed by atoms with van der Waals surface area (Å²) in [5.74, 6) is 1.14. The summed E-state index contributed by atoms with van der Waals surface area (Å²) in [6.45, 7) is 2.08. The lowest BCUT2D eigenvalue weighted by Crippen LogP contribution is -2.38. The van der Waals surface area contributed by atoms with Gasteiger partial charge in [0.15, 0.2) is 0 Å². The molecule has 78 valence electrons. The highest BCUT2D eigenvalue weighted by Crippen LogP contribution is 2.45. The summed E-state index contributed by atoms with van der Waals surface area (Å²) >= 11 is 9.40. The first-order valence-electron chi connectivity index (χ1n) is 4.72. The highest BCUT2D eigenvalue weighted by atomic mass is 35.5. The van der Waals surface area contributed by atoms with Crippen LogP contribution in [0.4, 0.5) is 0 Å². The van der Waals surface area contributed by atoms with Gasteiger partial charge < -0.3 is 5.11 Å². The van der Waals surface area contributed by atoms with Crippen LogP contribution >= 0.6 is 34.7 Å². The molecule has 4 heteroatoms. The van der Waals surface area contributed by atoms with Crippen molar-refractivity contribution in [2.24, 2.45) is 0 Å². The fourth-order valence-electron chi connectivity index (χ4n) is 1.90. The maximum Gasteiger partial charge on any atom is 0.103 e. The molecule has 1 fully saturated rings. The molecule has 2 unspecified atom stereocenters. The quantitative estimate of drug-likeness (QED) is 0.821. The summed E-state index contributed by atoms with van der Waals surface area (Å²) < 4.78 is 0.738. The molecule has 1 aliphatic heterocycles. The Morgan fingerprint density at radius 3 is 3.00 bits per heavy atom. The van der Waals surface area contributed by atoms with Gasteiger partial charge in [0.05, 0.1) is 4.34 Å². The molecule has 0 radical (unpaired) electrons. The third kappa shape index (κ3) is 1.71. The largest absolute Gasteiger partial charge is 0.384 e. The molecule has 1 aliphatic rings. The minimum atomic E-state index is -0.708. The van der Waals surface area contributed by atoms with Crippen molar-refractivity contribution in [1.29, 1.82) is 0 Å². The molecule has 1 nitrogen and oxygen atoms in total. The van der Waals surface area contributed by atoms with E-state index in [-0.39, 0.29) is 5.25 Å². The van der Waals surface area contributed by atoms with Crippen LogP contribution < -0.4 is 0 Å². The number of thioether (sulfide) groups is 1. The topological polar surface area (TPSA) is 20.2 Å². The van der Waals surface area contributed by atoms with Gasteiger partial charge in [-0.2, -0.15) is 11.8 Å². The predicted octanol–water partition coefficient (Wildman–Crippen LogP) is 3.50. The van der Waals surface area contributed by atoms with Gasteiger partial charge in [0.1, 0.15) is 5.60 Å². The zero-order valence-electron chi connectivity index (χ0n) is 8.00. The average molecular weight is 249 g/mol. The maximum absolute atomic E-state index is 10.6. The molecule has 1 saturated heterocycles.